The summed E-state index contributed by atoms with van der Waals surface area (Å²) < 4.78 is 40.9. The number of benzene rings is 3. The maximum absolute atomic E-state index is 12.3. The topological polar surface area (TPSA) is 38.3 Å². The van der Waals surface area contributed by atoms with E-state index in [0.29, 0.717) is 0 Å². The second-order valence-electron chi connectivity index (χ2n) is 6.17. The summed E-state index contributed by atoms with van der Waals surface area (Å²) in [4.78, 5) is 12.2. The predicted octanol–water partition coefficient (Wildman–Crippen LogP) is 5.21. The fraction of sp³-hybridized carbons (Fsp3) is 0.150. The van der Waals surface area contributed by atoms with Gasteiger partial charge in [0.05, 0.1) is 5.69 Å². The molecule has 1 amide bonds. The molecule has 3 aromatic rings. The summed E-state index contributed by atoms with van der Waals surface area (Å²) in [5.74, 6) is -0.613. The zero-order valence-corrected chi connectivity index (χ0v) is 13.5. The SMILES string of the molecule is O=C1CC(c2ccc(OC(F)(F)F)cc2)c2ccc3ccccc3c2N1. The first-order chi connectivity index (χ1) is 12.4. The fourth-order valence-electron chi connectivity index (χ4n) is 3.40. The second-order valence-corrected chi connectivity index (χ2v) is 6.17. The molecule has 132 valence electrons. The van der Waals surface area contributed by atoms with Crippen LogP contribution in [-0.4, -0.2) is 12.3 Å². The number of anilines is 1. The third-order valence-electron chi connectivity index (χ3n) is 4.51. The lowest BCUT2D eigenvalue weighted by molar-refractivity contribution is -0.274. The number of ether oxygens (including phenoxy) is 1. The number of alkyl halides is 3. The van der Waals surface area contributed by atoms with Gasteiger partial charge in [-0.05, 0) is 28.6 Å². The van der Waals surface area contributed by atoms with E-state index in [4.69, 9.17) is 0 Å². The van der Waals surface area contributed by atoms with Gasteiger partial charge in [0.25, 0.3) is 0 Å². The van der Waals surface area contributed by atoms with Gasteiger partial charge in [0, 0.05) is 17.7 Å². The van der Waals surface area contributed by atoms with Crippen LogP contribution < -0.4 is 10.1 Å². The normalized spacial score (nSPS) is 16.9. The van der Waals surface area contributed by atoms with Crippen LogP contribution in [0.3, 0.4) is 0 Å². The molecule has 1 heterocycles. The van der Waals surface area contributed by atoms with Crippen LogP contribution in [0.4, 0.5) is 18.9 Å². The highest BCUT2D eigenvalue weighted by atomic mass is 19.4. The molecule has 1 aliphatic heterocycles. The lowest BCUT2D eigenvalue weighted by Crippen LogP contribution is -2.23. The van der Waals surface area contributed by atoms with Gasteiger partial charge in [0.1, 0.15) is 5.75 Å². The zero-order valence-electron chi connectivity index (χ0n) is 13.5. The Morgan fingerprint density at radius 1 is 0.962 bits per heavy atom. The largest absolute Gasteiger partial charge is 0.573 e. The van der Waals surface area contributed by atoms with Crippen molar-refractivity contribution in [1.29, 1.82) is 0 Å². The van der Waals surface area contributed by atoms with Crippen LogP contribution in [0.5, 0.6) is 5.75 Å². The average Bonchev–Trinajstić information content (AvgIpc) is 2.60. The Labute approximate surface area is 147 Å². The number of fused-ring (bicyclic) bond motifs is 3. The molecule has 0 bridgehead atoms. The van der Waals surface area contributed by atoms with Gasteiger partial charge in [-0.15, -0.1) is 13.2 Å². The molecule has 1 atom stereocenters. The van der Waals surface area contributed by atoms with Crippen molar-refractivity contribution in [3.05, 3.63) is 71.8 Å². The molecule has 0 saturated carbocycles. The first kappa shape index (κ1) is 16.4. The van der Waals surface area contributed by atoms with Crippen LogP contribution in [-0.2, 0) is 4.79 Å². The second kappa shape index (κ2) is 6.05. The molecular formula is C20H14F3NO2. The van der Waals surface area contributed by atoms with Crippen molar-refractivity contribution in [2.75, 3.05) is 5.32 Å². The highest BCUT2D eigenvalue weighted by molar-refractivity contribution is 6.06. The van der Waals surface area contributed by atoms with E-state index >= 15 is 0 Å². The van der Waals surface area contributed by atoms with Crippen molar-refractivity contribution in [2.24, 2.45) is 0 Å². The van der Waals surface area contributed by atoms with Crippen molar-refractivity contribution in [3.8, 4) is 5.75 Å². The van der Waals surface area contributed by atoms with Crippen molar-refractivity contribution in [3.63, 3.8) is 0 Å². The van der Waals surface area contributed by atoms with Crippen molar-refractivity contribution >= 4 is 22.4 Å². The molecule has 26 heavy (non-hydrogen) atoms. The highest BCUT2D eigenvalue weighted by Crippen LogP contribution is 2.41. The fourth-order valence-corrected chi connectivity index (χ4v) is 3.40. The lowest BCUT2D eigenvalue weighted by Gasteiger charge is -2.27. The number of carbonyl (C=O) groups excluding carboxylic acids is 1. The van der Waals surface area contributed by atoms with Crippen LogP contribution >= 0.6 is 0 Å². The molecule has 3 aromatic carbocycles. The van der Waals surface area contributed by atoms with Gasteiger partial charge in [-0.3, -0.25) is 4.79 Å². The molecule has 3 nitrogen and oxygen atoms in total. The lowest BCUT2D eigenvalue weighted by atomic mass is 9.83. The van der Waals surface area contributed by atoms with Crippen LogP contribution in [0, 0.1) is 0 Å². The number of hydrogen-bond acceptors (Lipinski definition) is 2. The molecule has 1 N–H and O–H groups in total. The van der Waals surface area contributed by atoms with Gasteiger partial charge in [-0.1, -0.05) is 48.5 Å². The number of carbonyl (C=O) groups is 1. The van der Waals surface area contributed by atoms with Crippen molar-refractivity contribution < 1.29 is 22.7 Å². The molecular weight excluding hydrogens is 343 g/mol. The van der Waals surface area contributed by atoms with Crippen LogP contribution in [0.25, 0.3) is 10.8 Å². The van der Waals surface area contributed by atoms with Gasteiger partial charge in [-0.2, -0.15) is 0 Å². The number of rotatable bonds is 2. The Morgan fingerprint density at radius 3 is 2.42 bits per heavy atom. The van der Waals surface area contributed by atoms with Crippen molar-refractivity contribution in [2.45, 2.75) is 18.7 Å². The monoisotopic (exact) mass is 357 g/mol. The molecule has 0 radical (unpaired) electrons. The van der Waals surface area contributed by atoms with E-state index in [1.165, 1.54) is 12.1 Å². The van der Waals surface area contributed by atoms with E-state index in [1.807, 2.05) is 36.4 Å². The third-order valence-corrected chi connectivity index (χ3v) is 4.51. The molecule has 0 aromatic heterocycles. The maximum atomic E-state index is 12.3. The number of nitrogens with one attached hydrogen (secondary N) is 1. The van der Waals surface area contributed by atoms with E-state index in [9.17, 15) is 18.0 Å². The first-order valence-electron chi connectivity index (χ1n) is 8.08. The first-order valence-corrected chi connectivity index (χ1v) is 8.08. The average molecular weight is 357 g/mol. The molecule has 4 rings (SSSR count). The predicted molar refractivity (Wildman–Crippen MR) is 92.2 cm³/mol. The Bertz CT molecular complexity index is 981. The van der Waals surface area contributed by atoms with Crippen LogP contribution in [0.1, 0.15) is 23.5 Å². The Hall–Kier alpha value is -3.02. The zero-order chi connectivity index (χ0) is 18.3. The quantitative estimate of drug-likeness (QED) is 0.683. The van der Waals surface area contributed by atoms with Gasteiger partial charge in [0.15, 0.2) is 0 Å². The van der Waals surface area contributed by atoms with Crippen LogP contribution in [0.2, 0.25) is 0 Å². The molecule has 0 saturated heterocycles. The minimum absolute atomic E-state index is 0.116. The van der Waals surface area contributed by atoms with E-state index in [2.05, 4.69) is 10.1 Å². The third kappa shape index (κ3) is 3.10. The van der Waals surface area contributed by atoms with Crippen LogP contribution in [0.15, 0.2) is 60.7 Å². The summed E-state index contributed by atoms with van der Waals surface area (Å²) >= 11 is 0. The highest BCUT2D eigenvalue weighted by Gasteiger charge is 2.31. The van der Waals surface area contributed by atoms with Gasteiger partial charge in [0.2, 0.25) is 5.91 Å². The molecule has 1 aliphatic rings. The summed E-state index contributed by atoms with van der Waals surface area (Å²) in [6.45, 7) is 0. The molecule has 0 aliphatic carbocycles. The summed E-state index contributed by atoms with van der Waals surface area (Å²) in [5.41, 5.74) is 2.48. The summed E-state index contributed by atoms with van der Waals surface area (Å²) in [6.07, 6.45) is -4.48. The van der Waals surface area contributed by atoms with E-state index in [0.717, 1.165) is 27.6 Å². The molecule has 6 heteroatoms. The molecule has 0 fully saturated rings. The molecule has 0 spiro atoms. The summed E-state index contributed by atoms with van der Waals surface area (Å²) in [5, 5.41) is 4.89. The summed E-state index contributed by atoms with van der Waals surface area (Å²) in [7, 11) is 0. The number of hydrogen-bond donors (Lipinski definition) is 1. The van der Waals surface area contributed by atoms with Gasteiger partial charge >= 0.3 is 6.36 Å². The van der Waals surface area contributed by atoms with Crippen molar-refractivity contribution in [1.82, 2.24) is 0 Å². The number of halogens is 3. The minimum Gasteiger partial charge on any atom is -0.406 e. The van der Waals surface area contributed by atoms with E-state index < -0.39 is 6.36 Å². The summed E-state index contributed by atoms with van der Waals surface area (Å²) in [6, 6.07) is 17.4. The van der Waals surface area contributed by atoms with Gasteiger partial charge in [-0.25, -0.2) is 0 Å². The molecule has 1 unspecified atom stereocenters. The van der Waals surface area contributed by atoms with E-state index in [1.54, 1.807) is 12.1 Å². The maximum Gasteiger partial charge on any atom is 0.573 e. The van der Waals surface area contributed by atoms with Gasteiger partial charge < -0.3 is 10.1 Å². The standard InChI is InChI=1S/C20H14F3NO2/c21-20(22,23)26-14-8-5-13(6-9-14)17-11-18(25)24-19-15-4-2-1-3-12(15)7-10-16(17)19/h1-10,17H,11H2,(H,24,25). The number of amides is 1. The minimum atomic E-state index is -4.72. The van der Waals surface area contributed by atoms with E-state index in [-0.39, 0.29) is 24.0 Å². The Morgan fingerprint density at radius 2 is 1.69 bits per heavy atom. The smallest absolute Gasteiger partial charge is 0.406 e. The Kier molecular flexibility index (Phi) is 3.83. The Balaban J connectivity index is 1.74.